The third kappa shape index (κ3) is 5.67. The van der Waals surface area contributed by atoms with Crippen molar-refractivity contribution in [2.24, 2.45) is 0 Å². The van der Waals surface area contributed by atoms with E-state index in [4.69, 9.17) is 21.1 Å². The summed E-state index contributed by atoms with van der Waals surface area (Å²) in [6.07, 6.45) is 1.57. The lowest BCUT2D eigenvalue weighted by atomic mass is 10.0. The zero-order chi connectivity index (χ0) is 27.5. The van der Waals surface area contributed by atoms with Gasteiger partial charge < -0.3 is 9.47 Å². The Labute approximate surface area is 233 Å². The molecule has 4 aromatic carbocycles. The van der Waals surface area contributed by atoms with E-state index in [9.17, 15) is 18.8 Å². The van der Waals surface area contributed by atoms with Crippen molar-refractivity contribution in [2.45, 2.75) is 13.5 Å². The van der Waals surface area contributed by atoms with Crippen molar-refractivity contribution < 1.29 is 28.2 Å². The number of carbonyl (C=O) groups excluding carboxylic acids is 3. The molecule has 0 unspecified atom stereocenters. The number of benzene rings is 4. The average molecular weight is 562 g/mol. The highest BCUT2D eigenvalue weighted by atomic mass is 35.5. The van der Waals surface area contributed by atoms with Crippen LogP contribution in [0.5, 0.6) is 11.5 Å². The highest BCUT2D eigenvalue weighted by Crippen LogP contribution is 2.36. The van der Waals surface area contributed by atoms with Crippen LogP contribution in [-0.2, 0) is 11.3 Å². The van der Waals surface area contributed by atoms with Crippen LogP contribution in [0.3, 0.4) is 0 Å². The Morgan fingerprint density at radius 3 is 2.59 bits per heavy atom. The molecule has 0 N–H and O–H groups in total. The van der Waals surface area contributed by atoms with Gasteiger partial charge in [0, 0.05) is 5.02 Å². The van der Waals surface area contributed by atoms with Crippen molar-refractivity contribution in [1.29, 1.82) is 0 Å². The van der Waals surface area contributed by atoms with Gasteiger partial charge >= 0.3 is 5.97 Å². The van der Waals surface area contributed by atoms with Gasteiger partial charge in [0.25, 0.3) is 11.1 Å². The molecule has 2 amide bonds. The number of amides is 2. The molecule has 9 heteroatoms. The summed E-state index contributed by atoms with van der Waals surface area (Å²) in [5.74, 6) is -0.979. The molecule has 0 bridgehead atoms. The molecule has 1 heterocycles. The number of imide groups is 1. The minimum Gasteiger partial charge on any atom is -0.490 e. The SMILES string of the molecule is CCOc1cc(/C=C2\SC(=O)N(Cc3ccc(F)cc3Cl)C2=O)ccc1OC(=O)c1cccc2ccccc12. The van der Waals surface area contributed by atoms with Gasteiger partial charge in [-0.05, 0) is 77.0 Å². The van der Waals surface area contributed by atoms with Crippen LogP contribution in [0.25, 0.3) is 16.8 Å². The third-order valence-corrected chi connectivity index (χ3v) is 7.25. The Kier molecular flexibility index (Phi) is 7.67. The molecule has 1 aliphatic rings. The molecule has 0 atom stereocenters. The van der Waals surface area contributed by atoms with Gasteiger partial charge in [-0.3, -0.25) is 14.5 Å². The van der Waals surface area contributed by atoms with Crippen LogP contribution in [0.15, 0.2) is 83.8 Å². The molecular formula is C30H21ClFNO5S. The van der Waals surface area contributed by atoms with E-state index in [-0.39, 0.29) is 22.2 Å². The molecule has 196 valence electrons. The minimum atomic E-state index is -0.527. The fourth-order valence-electron chi connectivity index (χ4n) is 4.13. The van der Waals surface area contributed by atoms with Gasteiger partial charge in [-0.25, -0.2) is 9.18 Å². The number of thioether (sulfide) groups is 1. The molecule has 5 rings (SSSR count). The summed E-state index contributed by atoms with van der Waals surface area (Å²) in [7, 11) is 0. The number of nitrogens with zero attached hydrogens (tertiary/aromatic N) is 1. The Balaban J connectivity index is 1.37. The topological polar surface area (TPSA) is 72.9 Å². The molecule has 0 radical (unpaired) electrons. The number of hydrogen-bond donors (Lipinski definition) is 0. The second-order valence-electron chi connectivity index (χ2n) is 8.56. The maximum absolute atomic E-state index is 13.4. The van der Waals surface area contributed by atoms with Crippen molar-refractivity contribution in [3.63, 3.8) is 0 Å². The van der Waals surface area contributed by atoms with Crippen molar-refractivity contribution in [1.82, 2.24) is 4.90 Å². The first kappa shape index (κ1) is 26.5. The number of carbonyl (C=O) groups is 3. The highest BCUT2D eigenvalue weighted by Gasteiger charge is 2.35. The maximum Gasteiger partial charge on any atom is 0.344 e. The molecule has 4 aromatic rings. The first-order valence-corrected chi connectivity index (χ1v) is 13.2. The lowest BCUT2D eigenvalue weighted by molar-refractivity contribution is -0.123. The Bertz CT molecular complexity index is 1650. The van der Waals surface area contributed by atoms with E-state index in [2.05, 4.69) is 0 Å². The predicted octanol–water partition coefficient (Wildman–Crippen LogP) is 7.49. The van der Waals surface area contributed by atoms with E-state index in [0.717, 1.165) is 33.5 Å². The summed E-state index contributed by atoms with van der Waals surface area (Å²) in [4.78, 5) is 39.9. The lowest BCUT2D eigenvalue weighted by Gasteiger charge is -2.14. The molecule has 1 saturated heterocycles. The first-order chi connectivity index (χ1) is 18.8. The van der Waals surface area contributed by atoms with E-state index >= 15 is 0 Å². The van der Waals surface area contributed by atoms with E-state index < -0.39 is 22.9 Å². The molecule has 0 aliphatic carbocycles. The van der Waals surface area contributed by atoms with E-state index in [1.807, 2.05) is 30.3 Å². The average Bonchev–Trinajstić information content (AvgIpc) is 3.18. The van der Waals surface area contributed by atoms with Crippen molar-refractivity contribution in [2.75, 3.05) is 6.61 Å². The maximum atomic E-state index is 13.4. The number of fused-ring (bicyclic) bond motifs is 1. The smallest absolute Gasteiger partial charge is 0.344 e. The van der Waals surface area contributed by atoms with Crippen LogP contribution in [0.1, 0.15) is 28.4 Å². The van der Waals surface area contributed by atoms with E-state index in [1.165, 1.54) is 12.1 Å². The van der Waals surface area contributed by atoms with Crippen molar-refractivity contribution in [3.05, 3.63) is 111 Å². The Morgan fingerprint density at radius 2 is 1.79 bits per heavy atom. The highest BCUT2D eigenvalue weighted by molar-refractivity contribution is 8.18. The number of rotatable bonds is 7. The van der Waals surface area contributed by atoms with Crippen LogP contribution in [0.4, 0.5) is 9.18 Å². The van der Waals surface area contributed by atoms with Gasteiger partial charge in [0.1, 0.15) is 5.82 Å². The van der Waals surface area contributed by atoms with E-state index in [0.29, 0.717) is 29.0 Å². The number of halogens is 2. The second-order valence-corrected chi connectivity index (χ2v) is 9.96. The van der Waals surface area contributed by atoms with Gasteiger partial charge in [-0.1, -0.05) is 60.1 Å². The second kappa shape index (κ2) is 11.3. The van der Waals surface area contributed by atoms with Gasteiger partial charge in [-0.15, -0.1) is 0 Å². The standard InChI is InChI=1S/C30H21ClFNO5S/c1-2-37-26-14-18(10-13-25(26)38-29(35)23-9-5-7-19-6-3-4-8-22(19)23)15-27-28(34)33(30(36)39-27)17-20-11-12-21(32)16-24(20)31/h3-16H,2,17H2,1H3/b27-15-. The summed E-state index contributed by atoms with van der Waals surface area (Å²) in [5.41, 5.74) is 1.46. The quantitative estimate of drug-likeness (QED) is 0.132. The fraction of sp³-hybridized carbons (Fsp3) is 0.100. The summed E-state index contributed by atoms with van der Waals surface area (Å²) < 4.78 is 24.8. The molecule has 39 heavy (non-hydrogen) atoms. The van der Waals surface area contributed by atoms with Gasteiger partial charge in [0.2, 0.25) is 0 Å². The fourth-order valence-corrected chi connectivity index (χ4v) is 5.20. The molecule has 0 saturated carbocycles. The van der Waals surface area contributed by atoms with Crippen LogP contribution in [0, 0.1) is 5.82 Å². The minimum absolute atomic E-state index is 0.0750. The van der Waals surface area contributed by atoms with E-state index in [1.54, 1.807) is 43.3 Å². The van der Waals surface area contributed by atoms with Gasteiger partial charge in [-0.2, -0.15) is 0 Å². The van der Waals surface area contributed by atoms with Crippen LogP contribution in [0.2, 0.25) is 5.02 Å². The summed E-state index contributed by atoms with van der Waals surface area (Å²) in [5, 5.41) is 1.37. The molecule has 0 aromatic heterocycles. The zero-order valence-electron chi connectivity index (χ0n) is 20.6. The monoisotopic (exact) mass is 561 g/mol. The van der Waals surface area contributed by atoms with Crippen LogP contribution < -0.4 is 9.47 Å². The number of ether oxygens (including phenoxy) is 2. The van der Waals surface area contributed by atoms with Crippen LogP contribution >= 0.6 is 23.4 Å². The third-order valence-electron chi connectivity index (χ3n) is 5.99. The molecule has 0 spiro atoms. The molecule has 1 aliphatic heterocycles. The van der Waals surface area contributed by atoms with Crippen molar-refractivity contribution >= 4 is 57.3 Å². The number of esters is 1. The number of hydrogen-bond acceptors (Lipinski definition) is 6. The summed E-state index contributed by atoms with van der Waals surface area (Å²) in [6.45, 7) is 2.04. The largest absolute Gasteiger partial charge is 0.490 e. The first-order valence-electron chi connectivity index (χ1n) is 12.0. The Morgan fingerprint density at radius 1 is 1.00 bits per heavy atom. The van der Waals surface area contributed by atoms with Crippen LogP contribution in [-0.4, -0.2) is 28.6 Å². The molecular weight excluding hydrogens is 541 g/mol. The summed E-state index contributed by atoms with van der Waals surface area (Å²) in [6, 6.07) is 21.6. The van der Waals surface area contributed by atoms with Gasteiger partial charge in [0.15, 0.2) is 11.5 Å². The Hall–Kier alpha value is -4.14. The van der Waals surface area contributed by atoms with Crippen molar-refractivity contribution in [3.8, 4) is 11.5 Å². The normalized spacial score (nSPS) is 14.3. The summed E-state index contributed by atoms with van der Waals surface area (Å²) >= 11 is 6.87. The molecule has 6 nitrogen and oxygen atoms in total. The predicted molar refractivity (Wildman–Crippen MR) is 149 cm³/mol. The van der Waals surface area contributed by atoms with Gasteiger partial charge in [0.05, 0.1) is 23.6 Å². The zero-order valence-corrected chi connectivity index (χ0v) is 22.2. The lowest BCUT2D eigenvalue weighted by Crippen LogP contribution is -2.27. The molecule has 1 fully saturated rings.